The van der Waals surface area contributed by atoms with Crippen molar-refractivity contribution in [3.63, 3.8) is 0 Å². The third-order valence-electron chi connectivity index (χ3n) is 3.31. The third-order valence-corrected chi connectivity index (χ3v) is 4.38. The van der Waals surface area contributed by atoms with E-state index < -0.39 is 12.0 Å². The molecule has 2 amide bonds. The van der Waals surface area contributed by atoms with Crippen molar-refractivity contribution in [2.75, 3.05) is 5.32 Å². The molecule has 0 saturated carbocycles. The van der Waals surface area contributed by atoms with Gasteiger partial charge in [0.15, 0.2) is 0 Å². The fraction of sp³-hybridized carbons (Fsp3) is 0.125. The molecule has 0 saturated heterocycles. The Kier molecular flexibility index (Phi) is 5.77. The van der Waals surface area contributed by atoms with Crippen LogP contribution in [0.4, 0.5) is 10.6 Å². The minimum atomic E-state index is -0.744. The molecule has 27 heavy (non-hydrogen) atoms. The predicted molar refractivity (Wildman–Crippen MR) is 99.8 cm³/mol. The monoisotopic (exact) mass is 453 g/mol. The van der Waals surface area contributed by atoms with Crippen LogP contribution in [-0.2, 0) is 6.54 Å². The Balaban J connectivity index is 1.60. The Morgan fingerprint density at radius 3 is 2.85 bits per heavy atom. The van der Waals surface area contributed by atoms with Crippen molar-refractivity contribution in [3.05, 3.63) is 56.8 Å². The van der Waals surface area contributed by atoms with Crippen LogP contribution in [0.5, 0.6) is 5.88 Å². The fourth-order valence-electron chi connectivity index (χ4n) is 2.08. The second-order valence-corrected chi connectivity index (χ2v) is 6.52. The number of carbonyl (C=O) groups is 2. The van der Waals surface area contributed by atoms with Crippen LogP contribution in [0.2, 0.25) is 5.02 Å². The number of hydrogen-bond acceptors (Lipinski definition) is 6. The summed E-state index contributed by atoms with van der Waals surface area (Å²) in [4.78, 5) is 24.2. The van der Waals surface area contributed by atoms with Crippen LogP contribution in [0.1, 0.15) is 21.8 Å². The number of amides is 2. The lowest BCUT2D eigenvalue weighted by Crippen LogP contribution is -2.26. The first-order valence-corrected chi connectivity index (χ1v) is 8.78. The molecular formula is C16H13BrClN5O4. The molecule has 1 aromatic carbocycles. The number of nitrogens with one attached hydrogen (secondary N) is 3. The maximum absolute atomic E-state index is 12.3. The van der Waals surface area contributed by atoms with E-state index in [9.17, 15) is 9.59 Å². The summed E-state index contributed by atoms with van der Waals surface area (Å²) in [5, 5.41) is 15.6. The number of carbonyl (C=O) groups excluding carboxylic acids is 2. The average molecular weight is 455 g/mol. The molecule has 0 bridgehead atoms. The number of aromatic nitrogens is 3. The zero-order chi connectivity index (χ0) is 19.4. The minimum absolute atomic E-state index is 0.0432. The Bertz CT molecular complexity index is 987. The van der Waals surface area contributed by atoms with Gasteiger partial charge in [0.2, 0.25) is 0 Å². The van der Waals surface area contributed by atoms with Gasteiger partial charge in [0.1, 0.15) is 21.7 Å². The van der Waals surface area contributed by atoms with Crippen LogP contribution >= 0.6 is 27.5 Å². The van der Waals surface area contributed by atoms with Crippen molar-refractivity contribution in [3.8, 4) is 5.88 Å². The number of aromatic amines is 1. The van der Waals surface area contributed by atoms with Crippen LogP contribution < -0.4 is 15.4 Å². The number of H-pyrrole nitrogens is 1. The molecule has 0 aliphatic rings. The van der Waals surface area contributed by atoms with Crippen molar-refractivity contribution in [1.29, 1.82) is 0 Å². The smallest absolute Gasteiger partial charge is 0.388 e. The zero-order valence-electron chi connectivity index (χ0n) is 13.9. The van der Waals surface area contributed by atoms with Crippen molar-refractivity contribution in [2.45, 2.75) is 13.5 Å². The molecule has 3 rings (SSSR count). The highest BCUT2D eigenvalue weighted by molar-refractivity contribution is 9.10. The van der Waals surface area contributed by atoms with Crippen LogP contribution in [-0.4, -0.2) is 27.4 Å². The predicted octanol–water partition coefficient (Wildman–Crippen LogP) is 3.66. The second-order valence-electron chi connectivity index (χ2n) is 5.32. The summed E-state index contributed by atoms with van der Waals surface area (Å²) in [7, 11) is 0. The molecule has 0 fully saturated rings. The van der Waals surface area contributed by atoms with Gasteiger partial charge >= 0.3 is 6.09 Å². The summed E-state index contributed by atoms with van der Waals surface area (Å²) in [5.41, 5.74) is 0.849. The zero-order valence-corrected chi connectivity index (χ0v) is 16.2. The molecule has 0 aliphatic heterocycles. The van der Waals surface area contributed by atoms with Crippen molar-refractivity contribution < 1.29 is 18.8 Å². The minimum Gasteiger partial charge on any atom is -0.388 e. The topological polar surface area (TPSA) is 122 Å². The first kappa shape index (κ1) is 18.9. The van der Waals surface area contributed by atoms with Crippen LogP contribution in [0.15, 0.2) is 39.3 Å². The van der Waals surface area contributed by atoms with Gasteiger partial charge in [-0.1, -0.05) is 28.9 Å². The van der Waals surface area contributed by atoms with E-state index in [2.05, 4.69) is 41.9 Å². The summed E-state index contributed by atoms with van der Waals surface area (Å²) >= 11 is 9.22. The molecule has 3 aromatic rings. The standard InChI is InChI=1S/C16H13BrClN5O4/c1-8-6-9(23-27-8)7-19-16(25)26-15-12(17)13(21-22-15)20-14(24)10-4-2-3-5-11(10)18/h2-6H,7H2,1H3,(H,19,25)(H2,20,21,22,24). The number of halogens is 2. The lowest BCUT2D eigenvalue weighted by Gasteiger charge is -2.05. The highest BCUT2D eigenvalue weighted by atomic mass is 79.9. The molecule has 2 aromatic heterocycles. The number of aryl methyl sites for hydroxylation is 1. The molecule has 11 heteroatoms. The Morgan fingerprint density at radius 2 is 2.15 bits per heavy atom. The Labute approximate surface area is 166 Å². The summed E-state index contributed by atoms with van der Waals surface area (Å²) in [6, 6.07) is 8.29. The van der Waals surface area contributed by atoms with E-state index >= 15 is 0 Å². The molecule has 140 valence electrons. The lowest BCUT2D eigenvalue weighted by atomic mass is 10.2. The normalized spacial score (nSPS) is 10.5. The number of rotatable bonds is 5. The van der Waals surface area contributed by atoms with E-state index in [-0.39, 0.29) is 22.7 Å². The Morgan fingerprint density at radius 1 is 1.37 bits per heavy atom. The van der Waals surface area contributed by atoms with E-state index in [1.165, 1.54) is 0 Å². The quantitative estimate of drug-likeness (QED) is 0.541. The molecular weight excluding hydrogens is 442 g/mol. The second kappa shape index (κ2) is 8.23. The number of anilines is 1. The van der Waals surface area contributed by atoms with Crippen LogP contribution in [0.25, 0.3) is 0 Å². The number of ether oxygens (including phenoxy) is 1. The first-order chi connectivity index (χ1) is 12.9. The largest absolute Gasteiger partial charge is 0.414 e. The van der Waals surface area contributed by atoms with E-state index in [1.54, 1.807) is 37.3 Å². The molecule has 0 spiro atoms. The molecule has 3 N–H and O–H groups in total. The van der Waals surface area contributed by atoms with E-state index in [4.69, 9.17) is 20.9 Å². The maximum atomic E-state index is 12.3. The van der Waals surface area contributed by atoms with Crippen LogP contribution in [0.3, 0.4) is 0 Å². The summed E-state index contributed by atoms with van der Waals surface area (Å²) < 4.78 is 10.3. The van der Waals surface area contributed by atoms with Gasteiger partial charge in [-0.15, -0.1) is 5.10 Å². The van der Waals surface area contributed by atoms with Crippen LogP contribution in [0, 0.1) is 6.92 Å². The first-order valence-electron chi connectivity index (χ1n) is 7.61. The maximum Gasteiger partial charge on any atom is 0.414 e. The summed E-state index contributed by atoms with van der Waals surface area (Å²) in [6.07, 6.45) is -0.744. The lowest BCUT2D eigenvalue weighted by molar-refractivity contribution is 0.102. The number of hydrogen-bond donors (Lipinski definition) is 3. The molecule has 0 radical (unpaired) electrons. The Hall–Kier alpha value is -2.85. The molecule has 9 nitrogen and oxygen atoms in total. The van der Waals surface area contributed by atoms with Gasteiger partial charge in [-0.25, -0.2) is 4.79 Å². The van der Waals surface area contributed by atoms with Crippen molar-refractivity contribution >= 4 is 45.3 Å². The third kappa shape index (κ3) is 4.66. The van der Waals surface area contributed by atoms with Gasteiger partial charge in [-0.2, -0.15) is 0 Å². The van der Waals surface area contributed by atoms with Gasteiger partial charge < -0.3 is 19.9 Å². The van der Waals surface area contributed by atoms with Crippen molar-refractivity contribution in [1.82, 2.24) is 20.7 Å². The molecule has 2 heterocycles. The molecule has 0 aliphatic carbocycles. The van der Waals surface area contributed by atoms with Gasteiger partial charge in [-0.3, -0.25) is 9.89 Å². The molecule has 0 atom stereocenters. The van der Waals surface area contributed by atoms with E-state index in [0.29, 0.717) is 22.0 Å². The summed E-state index contributed by atoms with van der Waals surface area (Å²) in [5.74, 6) is 0.365. The van der Waals surface area contributed by atoms with Gasteiger partial charge in [0.25, 0.3) is 11.8 Å². The van der Waals surface area contributed by atoms with Gasteiger partial charge in [0.05, 0.1) is 17.1 Å². The van der Waals surface area contributed by atoms with E-state index in [0.717, 1.165) is 0 Å². The highest BCUT2D eigenvalue weighted by Crippen LogP contribution is 2.30. The van der Waals surface area contributed by atoms with Gasteiger partial charge in [-0.05, 0) is 35.0 Å². The van der Waals surface area contributed by atoms with Gasteiger partial charge in [0, 0.05) is 6.07 Å². The average Bonchev–Trinajstić information content (AvgIpc) is 3.20. The highest BCUT2D eigenvalue weighted by Gasteiger charge is 2.19. The summed E-state index contributed by atoms with van der Waals surface area (Å²) in [6.45, 7) is 1.88. The number of nitrogens with zero attached hydrogens (tertiary/aromatic N) is 2. The van der Waals surface area contributed by atoms with E-state index in [1.807, 2.05) is 0 Å². The van der Waals surface area contributed by atoms with Crippen molar-refractivity contribution in [2.24, 2.45) is 0 Å². The molecule has 0 unspecified atom stereocenters. The fourth-order valence-corrected chi connectivity index (χ4v) is 2.66. The SMILES string of the molecule is Cc1cc(CNC(=O)Oc2n[nH]c(NC(=O)c3ccccc3Cl)c2Br)no1. The number of benzene rings is 1.